The number of nitrogens with zero attached hydrogens (tertiary/aromatic N) is 2. The lowest BCUT2D eigenvalue weighted by atomic mass is 10.1. The van der Waals surface area contributed by atoms with E-state index in [0.29, 0.717) is 16.3 Å². The van der Waals surface area contributed by atoms with Gasteiger partial charge < -0.3 is 10.2 Å². The third kappa shape index (κ3) is 6.70. The molecular formula is C28H32ClN3O4S. The summed E-state index contributed by atoms with van der Waals surface area (Å²) in [4.78, 5) is 27.8. The Morgan fingerprint density at radius 2 is 1.49 bits per heavy atom. The minimum Gasteiger partial charge on any atom is -0.357 e. The third-order valence-electron chi connectivity index (χ3n) is 6.21. The highest BCUT2D eigenvalue weighted by atomic mass is 35.5. The number of carbonyl (C=O) groups is 2. The first-order valence-corrected chi connectivity index (χ1v) is 13.7. The van der Waals surface area contributed by atoms with Crippen molar-refractivity contribution in [2.24, 2.45) is 0 Å². The minimum absolute atomic E-state index is 0.0507. The number of hydrogen-bond acceptors (Lipinski definition) is 4. The van der Waals surface area contributed by atoms with Gasteiger partial charge in [0, 0.05) is 18.6 Å². The van der Waals surface area contributed by atoms with Crippen LogP contribution in [-0.2, 0) is 26.2 Å². The predicted molar refractivity (Wildman–Crippen MR) is 147 cm³/mol. The summed E-state index contributed by atoms with van der Waals surface area (Å²) in [7, 11) is -2.65. The number of halogens is 1. The number of anilines is 1. The predicted octanol–water partition coefficient (Wildman–Crippen LogP) is 4.62. The van der Waals surface area contributed by atoms with Crippen molar-refractivity contribution >= 4 is 39.1 Å². The highest BCUT2D eigenvalue weighted by Crippen LogP contribution is 2.30. The molecule has 9 heteroatoms. The van der Waals surface area contributed by atoms with Crippen LogP contribution in [0.15, 0.2) is 71.6 Å². The molecule has 0 saturated carbocycles. The van der Waals surface area contributed by atoms with E-state index in [9.17, 15) is 18.0 Å². The summed E-state index contributed by atoms with van der Waals surface area (Å²) in [5, 5.41) is 2.92. The van der Waals surface area contributed by atoms with E-state index in [4.69, 9.17) is 11.6 Å². The van der Waals surface area contributed by atoms with Crippen LogP contribution < -0.4 is 9.62 Å². The number of nitrogens with one attached hydrogen (secondary N) is 1. The van der Waals surface area contributed by atoms with Gasteiger partial charge in [0.05, 0.1) is 10.6 Å². The van der Waals surface area contributed by atoms with Crippen LogP contribution in [0.3, 0.4) is 0 Å². The fourth-order valence-electron chi connectivity index (χ4n) is 3.88. The molecule has 2 amide bonds. The second kappa shape index (κ2) is 11.8. The number of aryl methyl sites for hydroxylation is 3. The monoisotopic (exact) mass is 541 g/mol. The Kier molecular flexibility index (Phi) is 8.99. The highest BCUT2D eigenvalue weighted by Gasteiger charge is 2.33. The van der Waals surface area contributed by atoms with Crippen LogP contribution in [0.5, 0.6) is 0 Å². The molecule has 0 radical (unpaired) electrons. The summed E-state index contributed by atoms with van der Waals surface area (Å²) in [6.45, 7) is 6.83. The molecule has 0 unspecified atom stereocenters. The maximum atomic E-state index is 13.9. The zero-order valence-corrected chi connectivity index (χ0v) is 23.2. The van der Waals surface area contributed by atoms with E-state index in [0.717, 1.165) is 21.0 Å². The Morgan fingerprint density at radius 3 is 2.05 bits per heavy atom. The van der Waals surface area contributed by atoms with E-state index in [2.05, 4.69) is 5.32 Å². The van der Waals surface area contributed by atoms with Crippen molar-refractivity contribution in [3.8, 4) is 0 Å². The summed E-state index contributed by atoms with van der Waals surface area (Å²) in [5.41, 5.74) is 3.72. The SMILES string of the molecule is CNC(=O)[C@H](C)N(Cc1ccc(C)cc1)C(=O)CN(c1cc(Cl)ccc1C)S(=O)(=O)c1ccc(C)cc1. The Balaban J connectivity index is 2.07. The number of rotatable bonds is 9. The van der Waals surface area contributed by atoms with Crippen LogP contribution in [0.25, 0.3) is 0 Å². The van der Waals surface area contributed by atoms with Gasteiger partial charge in [-0.2, -0.15) is 0 Å². The molecule has 0 aliphatic carbocycles. The van der Waals surface area contributed by atoms with Crippen LogP contribution in [0.1, 0.15) is 29.2 Å². The zero-order valence-electron chi connectivity index (χ0n) is 21.7. The first-order chi connectivity index (χ1) is 17.4. The Labute approximate surface area is 224 Å². The van der Waals surface area contributed by atoms with Gasteiger partial charge in [-0.3, -0.25) is 13.9 Å². The molecule has 3 aromatic carbocycles. The molecule has 3 aromatic rings. The van der Waals surface area contributed by atoms with Crippen molar-refractivity contribution in [1.29, 1.82) is 0 Å². The standard InChI is InChI=1S/C28H32ClN3O4S/c1-19-6-11-23(12-7-19)17-31(22(4)28(34)30-5)27(33)18-32(26-16-24(29)13-10-21(26)3)37(35,36)25-14-8-20(2)9-15-25/h6-16,22H,17-18H2,1-5H3,(H,30,34)/t22-/m0/s1. The zero-order chi connectivity index (χ0) is 27.3. The number of carbonyl (C=O) groups excluding carboxylic acids is 2. The molecule has 3 rings (SSSR count). The molecule has 0 aliphatic rings. The van der Waals surface area contributed by atoms with Crippen LogP contribution >= 0.6 is 11.6 Å². The molecule has 1 N–H and O–H groups in total. The van der Waals surface area contributed by atoms with Crippen molar-refractivity contribution in [3.05, 3.63) is 94.0 Å². The van der Waals surface area contributed by atoms with Crippen LogP contribution in [0.2, 0.25) is 5.02 Å². The maximum absolute atomic E-state index is 13.9. The lowest BCUT2D eigenvalue weighted by molar-refractivity contribution is -0.139. The molecule has 0 aliphatic heterocycles. The Bertz CT molecular complexity index is 1370. The van der Waals surface area contributed by atoms with Gasteiger partial charge in [0.15, 0.2) is 0 Å². The van der Waals surface area contributed by atoms with Gasteiger partial charge in [0.25, 0.3) is 10.0 Å². The first kappa shape index (κ1) is 28.2. The summed E-state index contributed by atoms with van der Waals surface area (Å²) < 4.78 is 28.8. The summed E-state index contributed by atoms with van der Waals surface area (Å²) in [5.74, 6) is -0.876. The molecule has 0 heterocycles. The molecule has 37 heavy (non-hydrogen) atoms. The number of hydrogen-bond donors (Lipinski definition) is 1. The lowest BCUT2D eigenvalue weighted by Gasteiger charge is -2.32. The molecule has 0 saturated heterocycles. The van der Waals surface area contributed by atoms with Gasteiger partial charge >= 0.3 is 0 Å². The third-order valence-corrected chi connectivity index (χ3v) is 8.22. The van der Waals surface area contributed by atoms with Gasteiger partial charge in [0.1, 0.15) is 12.6 Å². The smallest absolute Gasteiger partial charge is 0.264 e. The molecular weight excluding hydrogens is 510 g/mol. The largest absolute Gasteiger partial charge is 0.357 e. The first-order valence-electron chi connectivity index (χ1n) is 11.9. The number of benzene rings is 3. The van der Waals surface area contributed by atoms with Crippen LogP contribution in [0.4, 0.5) is 5.69 Å². The summed E-state index contributed by atoms with van der Waals surface area (Å²) >= 11 is 6.24. The van der Waals surface area contributed by atoms with Gasteiger partial charge in [0.2, 0.25) is 11.8 Å². The van der Waals surface area contributed by atoms with Gasteiger partial charge in [-0.15, -0.1) is 0 Å². The second-order valence-electron chi connectivity index (χ2n) is 9.05. The van der Waals surface area contributed by atoms with E-state index in [1.165, 1.54) is 30.1 Å². The van der Waals surface area contributed by atoms with Crippen LogP contribution in [-0.4, -0.2) is 44.8 Å². The molecule has 7 nitrogen and oxygen atoms in total. The van der Waals surface area contributed by atoms with E-state index in [-0.39, 0.29) is 17.3 Å². The van der Waals surface area contributed by atoms with Crippen molar-refractivity contribution in [1.82, 2.24) is 10.2 Å². The average molecular weight is 542 g/mol. The van der Waals surface area contributed by atoms with Crippen molar-refractivity contribution < 1.29 is 18.0 Å². The van der Waals surface area contributed by atoms with Gasteiger partial charge in [-0.05, 0) is 63.1 Å². The Morgan fingerprint density at radius 1 is 0.919 bits per heavy atom. The normalized spacial score (nSPS) is 12.1. The van der Waals surface area contributed by atoms with E-state index in [1.54, 1.807) is 38.1 Å². The molecule has 0 bridgehead atoms. The minimum atomic E-state index is -4.14. The molecule has 196 valence electrons. The number of sulfonamides is 1. The van der Waals surface area contributed by atoms with E-state index in [1.807, 2.05) is 38.1 Å². The highest BCUT2D eigenvalue weighted by molar-refractivity contribution is 7.92. The fourth-order valence-corrected chi connectivity index (χ4v) is 5.52. The van der Waals surface area contributed by atoms with Crippen LogP contribution in [0, 0.1) is 20.8 Å². The maximum Gasteiger partial charge on any atom is 0.264 e. The topological polar surface area (TPSA) is 86.8 Å². The van der Waals surface area contributed by atoms with Gasteiger partial charge in [-0.25, -0.2) is 8.42 Å². The van der Waals surface area contributed by atoms with Crippen molar-refractivity contribution in [3.63, 3.8) is 0 Å². The second-order valence-corrected chi connectivity index (χ2v) is 11.4. The number of amides is 2. The fraction of sp³-hybridized carbons (Fsp3) is 0.286. The molecule has 0 spiro atoms. The molecule has 0 aromatic heterocycles. The Hall–Kier alpha value is -3.36. The van der Waals surface area contributed by atoms with E-state index < -0.39 is 28.5 Å². The summed E-state index contributed by atoms with van der Waals surface area (Å²) in [6, 6.07) is 18.1. The average Bonchev–Trinajstić information content (AvgIpc) is 2.87. The van der Waals surface area contributed by atoms with E-state index >= 15 is 0 Å². The lowest BCUT2D eigenvalue weighted by Crippen LogP contribution is -2.50. The quantitative estimate of drug-likeness (QED) is 0.428. The molecule has 1 atom stereocenters. The van der Waals surface area contributed by atoms with Gasteiger partial charge in [-0.1, -0.05) is 65.2 Å². The number of likely N-dealkylation sites (N-methyl/N-ethyl adjacent to an activating group) is 1. The molecule has 0 fully saturated rings. The summed E-state index contributed by atoms with van der Waals surface area (Å²) in [6.07, 6.45) is 0. The van der Waals surface area contributed by atoms with Crippen molar-refractivity contribution in [2.45, 2.75) is 45.2 Å². The van der Waals surface area contributed by atoms with Crippen molar-refractivity contribution in [2.75, 3.05) is 17.9 Å².